The van der Waals surface area contributed by atoms with Gasteiger partial charge in [-0.25, -0.2) is 15.0 Å². The van der Waals surface area contributed by atoms with E-state index in [2.05, 4.69) is 84.9 Å². The lowest BCUT2D eigenvalue weighted by Gasteiger charge is -2.10. The van der Waals surface area contributed by atoms with Gasteiger partial charge < -0.3 is 8.83 Å². The Hall–Kier alpha value is -6.33. The summed E-state index contributed by atoms with van der Waals surface area (Å²) in [6.07, 6.45) is 0. The Bertz CT molecular complexity index is 2830. The molecular weight excluding hydrogens is 566 g/mol. The van der Waals surface area contributed by atoms with Crippen molar-refractivity contribution < 1.29 is 8.83 Å². The third-order valence-corrected chi connectivity index (χ3v) is 8.88. The van der Waals surface area contributed by atoms with E-state index < -0.39 is 0 Å². The second-order valence-corrected chi connectivity index (χ2v) is 11.7. The Morgan fingerprint density at radius 3 is 1.74 bits per heavy atom. The first-order chi connectivity index (χ1) is 22.7. The lowest BCUT2D eigenvalue weighted by Crippen LogP contribution is -2.00. The number of fused-ring (bicyclic) bond motifs is 8. The number of aromatic nitrogens is 3. The maximum absolute atomic E-state index is 6.40. The van der Waals surface area contributed by atoms with Crippen molar-refractivity contribution in [3.05, 3.63) is 140 Å². The van der Waals surface area contributed by atoms with Crippen LogP contribution in [0.25, 0.3) is 99.6 Å². The Morgan fingerprint density at radius 2 is 0.935 bits per heavy atom. The van der Waals surface area contributed by atoms with Crippen LogP contribution in [-0.4, -0.2) is 15.0 Å². The standard InChI is InChI=1S/C41H23N3O2/c1-2-9-25-20-27(18-16-24(25)8-1)39-42-40(44-41(43-39)33-13-7-12-32-30-10-3-6-15-36(30)46-38(32)33)28-19-17-26-23-37-34(22-29(26)21-28)31-11-4-5-14-35(31)45-37/h1-23H. The predicted molar refractivity (Wildman–Crippen MR) is 186 cm³/mol. The van der Waals surface area contributed by atoms with Crippen molar-refractivity contribution in [3.63, 3.8) is 0 Å². The van der Waals surface area contributed by atoms with Crippen molar-refractivity contribution in [1.82, 2.24) is 15.0 Å². The molecule has 0 saturated heterocycles. The summed E-state index contributed by atoms with van der Waals surface area (Å²) >= 11 is 0. The molecule has 0 atom stereocenters. The van der Waals surface area contributed by atoms with Gasteiger partial charge in [-0.1, -0.05) is 97.1 Å². The fourth-order valence-electron chi connectivity index (χ4n) is 6.61. The summed E-state index contributed by atoms with van der Waals surface area (Å²) in [6, 6.07) is 47.7. The second-order valence-electron chi connectivity index (χ2n) is 11.7. The van der Waals surface area contributed by atoms with E-state index in [1.807, 2.05) is 54.6 Å². The van der Waals surface area contributed by atoms with E-state index in [1.165, 1.54) is 5.39 Å². The number of para-hydroxylation sites is 3. The average Bonchev–Trinajstić information content (AvgIpc) is 3.68. The van der Waals surface area contributed by atoms with E-state index in [0.717, 1.165) is 76.7 Å². The molecule has 5 nitrogen and oxygen atoms in total. The number of furan rings is 2. The first-order valence-corrected chi connectivity index (χ1v) is 15.3. The summed E-state index contributed by atoms with van der Waals surface area (Å²) in [6.45, 7) is 0. The van der Waals surface area contributed by atoms with Gasteiger partial charge in [-0.2, -0.15) is 0 Å². The molecule has 0 aliphatic rings. The molecule has 3 aromatic heterocycles. The monoisotopic (exact) mass is 589 g/mol. The van der Waals surface area contributed by atoms with Crippen LogP contribution in [-0.2, 0) is 0 Å². The maximum atomic E-state index is 6.40. The van der Waals surface area contributed by atoms with Crippen LogP contribution in [0.2, 0.25) is 0 Å². The van der Waals surface area contributed by atoms with Crippen LogP contribution in [0, 0.1) is 0 Å². The molecular formula is C41H23N3O2. The van der Waals surface area contributed by atoms with Crippen LogP contribution < -0.4 is 0 Å². The molecule has 5 heteroatoms. The Morgan fingerprint density at radius 1 is 0.348 bits per heavy atom. The number of benzene rings is 7. The van der Waals surface area contributed by atoms with Crippen LogP contribution in [0.5, 0.6) is 0 Å². The molecule has 7 aromatic carbocycles. The molecule has 0 aliphatic carbocycles. The van der Waals surface area contributed by atoms with Gasteiger partial charge in [0.05, 0.1) is 5.56 Å². The lowest BCUT2D eigenvalue weighted by molar-refractivity contribution is 0.669. The molecule has 0 amide bonds. The molecule has 0 aliphatic heterocycles. The molecule has 0 N–H and O–H groups in total. The maximum Gasteiger partial charge on any atom is 0.167 e. The van der Waals surface area contributed by atoms with E-state index in [4.69, 9.17) is 23.8 Å². The van der Waals surface area contributed by atoms with Crippen molar-refractivity contribution in [2.45, 2.75) is 0 Å². The largest absolute Gasteiger partial charge is 0.456 e. The Kier molecular flexibility index (Phi) is 5.22. The van der Waals surface area contributed by atoms with Crippen LogP contribution in [0.4, 0.5) is 0 Å². The smallest absolute Gasteiger partial charge is 0.167 e. The van der Waals surface area contributed by atoms with E-state index in [-0.39, 0.29) is 0 Å². The molecule has 0 radical (unpaired) electrons. The zero-order chi connectivity index (χ0) is 30.2. The van der Waals surface area contributed by atoms with Gasteiger partial charge >= 0.3 is 0 Å². The van der Waals surface area contributed by atoms with Gasteiger partial charge in [0, 0.05) is 32.7 Å². The Labute approximate surface area is 262 Å². The zero-order valence-corrected chi connectivity index (χ0v) is 24.4. The molecule has 0 unspecified atom stereocenters. The van der Waals surface area contributed by atoms with Crippen molar-refractivity contribution >= 4 is 65.4 Å². The highest BCUT2D eigenvalue weighted by Crippen LogP contribution is 2.37. The number of hydrogen-bond donors (Lipinski definition) is 0. The highest BCUT2D eigenvalue weighted by atomic mass is 16.3. The molecule has 214 valence electrons. The van der Waals surface area contributed by atoms with Crippen LogP contribution in [0.15, 0.2) is 148 Å². The summed E-state index contributed by atoms with van der Waals surface area (Å²) in [5.41, 5.74) is 6.01. The molecule has 0 saturated carbocycles. The molecule has 3 heterocycles. The summed E-state index contributed by atoms with van der Waals surface area (Å²) in [4.78, 5) is 15.2. The highest BCUT2D eigenvalue weighted by molar-refractivity contribution is 6.11. The van der Waals surface area contributed by atoms with Crippen LogP contribution in [0.1, 0.15) is 0 Å². The predicted octanol–water partition coefficient (Wildman–Crippen LogP) is 11.0. The first kappa shape index (κ1) is 25.0. The lowest BCUT2D eigenvalue weighted by atomic mass is 10.0. The van der Waals surface area contributed by atoms with Crippen molar-refractivity contribution in [2.75, 3.05) is 0 Å². The van der Waals surface area contributed by atoms with Gasteiger partial charge in [-0.05, 0) is 64.0 Å². The average molecular weight is 590 g/mol. The number of rotatable bonds is 3. The van der Waals surface area contributed by atoms with E-state index in [0.29, 0.717) is 17.5 Å². The highest BCUT2D eigenvalue weighted by Gasteiger charge is 2.18. The zero-order valence-electron chi connectivity index (χ0n) is 24.4. The fraction of sp³-hybridized carbons (Fsp3) is 0. The minimum Gasteiger partial charge on any atom is -0.456 e. The van der Waals surface area contributed by atoms with E-state index >= 15 is 0 Å². The first-order valence-electron chi connectivity index (χ1n) is 15.3. The molecule has 46 heavy (non-hydrogen) atoms. The normalized spacial score (nSPS) is 11.9. The second kappa shape index (κ2) is 9.58. The third-order valence-electron chi connectivity index (χ3n) is 8.88. The van der Waals surface area contributed by atoms with Crippen LogP contribution in [0.3, 0.4) is 0 Å². The molecule has 0 spiro atoms. The minimum absolute atomic E-state index is 0.564. The van der Waals surface area contributed by atoms with Gasteiger partial charge in [-0.3, -0.25) is 0 Å². The fourth-order valence-corrected chi connectivity index (χ4v) is 6.61. The van der Waals surface area contributed by atoms with Crippen molar-refractivity contribution in [3.8, 4) is 34.2 Å². The van der Waals surface area contributed by atoms with Crippen molar-refractivity contribution in [1.29, 1.82) is 0 Å². The van der Waals surface area contributed by atoms with E-state index in [1.54, 1.807) is 0 Å². The quantitative estimate of drug-likeness (QED) is 0.205. The van der Waals surface area contributed by atoms with Gasteiger partial charge in [0.2, 0.25) is 0 Å². The SMILES string of the molecule is c1ccc2cc(-c3nc(-c4ccc5cc6oc7ccccc7c6cc5c4)nc(-c4cccc5c4oc4ccccc45)n3)ccc2c1. The molecule has 0 fully saturated rings. The van der Waals surface area contributed by atoms with Gasteiger partial charge in [-0.15, -0.1) is 0 Å². The van der Waals surface area contributed by atoms with Gasteiger partial charge in [0.25, 0.3) is 0 Å². The summed E-state index contributed by atoms with van der Waals surface area (Å²) in [7, 11) is 0. The van der Waals surface area contributed by atoms with Gasteiger partial charge in [0.1, 0.15) is 22.3 Å². The number of hydrogen-bond acceptors (Lipinski definition) is 5. The summed E-state index contributed by atoms with van der Waals surface area (Å²) < 4.78 is 12.6. The van der Waals surface area contributed by atoms with Gasteiger partial charge in [0.15, 0.2) is 17.5 Å². The molecule has 0 bridgehead atoms. The molecule has 10 rings (SSSR count). The third kappa shape index (κ3) is 3.85. The molecule has 10 aromatic rings. The topological polar surface area (TPSA) is 65.0 Å². The van der Waals surface area contributed by atoms with Crippen molar-refractivity contribution in [2.24, 2.45) is 0 Å². The summed E-state index contributed by atoms with van der Waals surface area (Å²) in [5, 5.41) is 8.76. The summed E-state index contributed by atoms with van der Waals surface area (Å²) in [5.74, 6) is 1.77. The minimum atomic E-state index is 0.564. The Balaban J connectivity index is 1.21. The van der Waals surface area contributed by atoms with Crippen LogP contribution >= 0.6 is 0 Å². The van der Waals surface area contributed by atoms with E-state index in [9.17, 15) is 0 Å². The number of nitrogens with zero attached hydrogens (tertiary/aromatic N) is 3.